The van der Waals surface area contributed by atoms with Gasteiger partial charge in [0, 0.05) is 5.02 Å². The fourth-order valence-corrected chi connectivity index (χ4v) is 1.99. The van der Waals surface area contributed by atoms with E-state index in [-0.39, 0.29) is 0 Å². The number of rotatable bonds is 9. The van der Waals surface area contributed by atoms with E-state index >= 15 is 0 Å². The minimum Gasteiger partial charge on any atom is -0.316 e. The second-order valence-electron chi connectivity index (χ2n) is 4.54. The molecule has 0 aliphatic heterocycles. The predicted octanol–water partition coefficient (Wildman–Crippen LogP) is 4.44. The molecule has 96 valence electrons. The van der Waals surface area contributed by atoms with Gasteiger partial charge >= 0.3 is 0 Å². The van der Waals surface area contributed by atoms with Crippen LogP contribution in [0.1, 0.15) is 44.6 Å². The van der Waals surface area contributed by atoms with E-state index < -0.39 is 0 Å². The lowest BCUT2D eigenvalue weighted by atomic mass is 10.1. The van der Waals surface area contributed by atoms with Crippen molar-refractivity contribution in [2.24, 2.45) is 0 Å². The van der Waals surface area contributed by atoms with Gasteiger partial charge in [-0.15, -0.1) is 0 Å². The Balaban J connectivity index is 1.95. The molecule has 1 aromatic carbocycles. The third-order valence-corrected chi connectivity index (χ3v) is 3.21. The van der Waals surface area contributed by atoms with Crippen molar-refractivity contribution in [1.82, 2.24) is 5.32 Å². The summed E-state index contributed by atoms with van der Waals surface area (Å²) >= 11 is 5.84. The highest BCUT2D eigenvalue weighted by molar-refractivity contribution is 6.30. The van der Waals surface area contributed by atoms with Crippen LogP contribution in [-0.4, -0.2) is 13.1 Å². The summed E-state index contributed by atoms with van der Waals surface area (Å²) in [7, 11) is 0. The second kappa shape index (κ2) is 9.49. The third kappa shape index (κ3) is 7.40. The fourth-order valence-electron chi connectivity index (χ4n) is 1.86. The summed E-state index contributed by atoms with van der Waals surface area (Å²) in [6, 6.07) is 8.12. The topological polar surface area (TPSA) is 12.0 Å². The van der Waals surface area contributed by atoms with Gasteiger partial charge in [0.25, 0.3) is 0 Å². The monoisotopic (exact) mass is 253 g/mol. The molecular formula is C15H24ClN. The summed E-state index contributed by atoms with van der Waals surface area (Å²) in [5.41, 5.74) is 1.35. The molecule has 17 heavy (non-hydrogen) atoms. The molecule has 0 bridgehead atoms. The van der Waals surface area contributed by atoms with E-state index in [1.165, 1.54) is 37.7 Å². The number of hydrogen-bond acceptors (Lipinski definition) is 1. The zero-order valence-electron chi connectivity index (χ0n) is 10.8. The Kier molecular flexibility index (Phi) is 8.12. The lowest BCUT2D eigenvalue weighted by molar-refractivity contribution is 0.584. The zero-order chi connectivity index (χ0) is 12.3. The molecule has 2 heteroatoms. The standard InChI is InChI=1S/C15H24ClN/c1-2-3-4-5-6-12-17-13-11-14-7-9-15(16)10-8-14/h7-10,17H,2-6,11-13H2,1H3. The van der Waals surface area contributed by atoms with Gasteiger partial charge in [0.2, 0.25) is 0 Å². The van der Waals surface area contributed by atoms with E-state index in [1.54, 1.807) is 0 Å². The van der Waals surface area contributed by atoms with Crippen LogP contribution in [0.4, 0.5) is 0 Å². The largest absolute Gasteiger partial charge is 0.316 e. The highest BCUT2D eigenvalue weighted by atomic mass is 35.5. The summed E-state index contributed by atoms with van der Waals surface area (Å²) in [4.78, 5) is 0. The van der Waals surface area contributed by atoms with Crippen molar-refractivity contribution >= 4 is 11.6 Å². The van der Waals surface area contributed by atoms with Gasteiger partial charge in [0.05, 0.1) is 0 Å². The Morgan fingerprint density at radius 3 is 2.35 bits per heavy atom. The summed E-state index contributed by atoms with van der Waals surface area (Å²) in [5, 5.41) is 4.31. The number of nitrogens with one attached hydrogen (secondary N) is 1. The zero-order valence-corrected chi connectivity index (χ0v) is 11.6. The van der Waals surface area contributed by atoms with Gasteiger partial charge in [-0.2, -0.15) is 0 Å². The van der Waals surface area contributed by atoms with Crippen molar-refractivity contribution in [3.8, 4) is 0 Å². The maximum Gasteiger partial charge on any atom is 0.0406 e. The molecule has 0 radical (unpaired) electrons. The maximum absolute atomic E-state index is 5.84. The third-order valence-electron chi connectivity index (χ3n) is 2.96. The van der Waals surface area contributed by atoms with Crippen LogP contribution in [-0.2, 0) is 6.42 Å². The quantitative estimate of drug-likeness (QED) is 0.642. The van der Waals surface area contributed by atoms with Crippen molar-refractivity contribution in [2.45, 2.75) is 45.4 Å². The summed E-state index contributed by atoms with van der Waals surface area (Å²) in [5.74, 6) is 0. The Hall–Kier alpha value is -0.530. The molecule has 1 rings (SSSR count). The molecule has 0 amide bonds. The molecule has 1 nitrogen and oxygen atoms in total. The molecule has 0 aromatic heterocycles. The van der Waals surface area contributed by atoms with Crippen LogP contribution in [0, 0.1) is 0 Å². The average molecular weight is 254 g/mol. The average Bonchev–Trinajstić information content (AvgIpc) is 2.35. The molecular weight excluding hydrogens is 230 g/mol. The van der Waals surface area contributed by atoms with Crippen LogP contribution in [0.2, 0.25) is 5.02 Å². The highest BCUT2D eigenvalue weighted by Crippen LogP contribution is 2.09. The molecule has 0 saturated heterocycles. The van der Waals surface area contributed by atoms with Crippen molar-refractivity contribution in [3.05, 3.63) is 34.9 Å². The van der Waals surface area contributed by atoms with E-state index in [4.69, 9.17) is 11.6 Å². The number of unbranched alkanes of at least 4 members (excludes halogenated alkanes) is 4. The van der Waals surface area contributed by atoms with E-state index in [9.17, 15) is 0 Å². The Labute approximate surface area is 111 Å². The lowest BCUT2D eigenvalue weighted by Crippen LogP contribution is -2.18. The molecule has 0 heterocycles. The maximum atomic E-state index is 5.84. The first-order chi connectivity index (χ1) is 8.33. The molecule has 0 fully saturated rings. The van der Waals surface area contributed by atoms with Gasteiger partial charge in [-0.3, -0.25) is 0 Å². The molecule has 0 aliphatic carbocycles. The smallest absolute Gasteiger partial charge is 0.0406 e. The van der Waals surface area contributed by atoms with Crippen LogP contribution < -0.4 is 5.32 Å². The van der Waals surface area contributed by atoms with Crippen LogP contribution in [0.15, 0.2) is 24.3 Å². The van der Waals surface area contributed by atoms with Gasteiger partial charge in [0.1, 0.15) is 0 Å². The van der Waals surface area contributed by atoms with Gasteiger partial charge in [-0.05, 0) is 43.6 Å². The first-order valence-electron chi connectivity index (χ1n) is 6.78. The molecule has 0 unspecified atom stereocenters. The minimum atomic E-state index is 0.817. The molecule has 0 aliphatic rings. The second-order valence-corrected chi connectivity index (χ2v) is 4.98. The first kappa shape index (κ1) is 14.5. The molecule has 0 saturated carbocycles. The summed E-state index contributed by atoms with van der Waals surface area (Å²) in [6.45, 7) is 4.47. The van der Waals surface area contributed by atoms with Gasteiger partial charge < -0.3 is 5.32 Å². The first-order valence-corrected chi connectivity index (χ1v) is 7.16. The summed E-state index contributed by atoms with van der Waals surface area (Å²) in [6.07, 6.45) is 7.85. The number of hydrogen-bond donors (Lipinski definition) is 1. The SMILES string of the molecule is CCCCCCCNCCc1ccc(Cl)cc1. The van der Waals surface area contributed by atoms with Gasteiger partial charge in [-0.25, -0.2) is 0 Å². The van der Waals surface area contributed by atoms with Crippen molar-refractivity contribution < 1.29 is 0 Å². The van der Waals surface area contributed by atoms with E-state index in [1.807, 2.05) is 12.1 Å². The predicted molar refractivity (Wildman–Crippen MR) is 76.8 cm³/mol. The molecule has 0 atom stereocenters. The molecule has 1 aromatic rings. The lowest BCUT2D eigenvalue weighted by Gasteiger charge is -2.05. The summed E-state index contributed by atoms with van der Waals surface area (Å²) < 4.78 is 0. The highest BCUT2D eigenvalue weighted by Gasteiger charge is 1.93. The fraction of sp³-hybridized carbons (Fsp3) is 0.600. The van der Waals surface area contributed by atoms with Crippen LogP contribution >= 0.6 is 11.6 Å². The number of benzene rings is 1. The Bertz CT molecular complexity index is 281. The normalized spacial score (nSPS) is 10.7. The number of halogens is 1. The Morgan fingerprint density at radius 2 is 1.65 bits per heavy atom. The van der Waals surface area contributed by atoms with Crippen molar-refractivity contribution in [1.29, 1.82) is 0 Å². The van der Waals surface area contributed by atoms with E-state index in [0.717, 1.165) is 24.5 Å². The van der Waals surface area contributed by atoms with Crippen LogP contribution in [0.5, 0.6) is 0 Å². The van der Waals surface area contributed by atoms with E-state index in [2.05, 4.69) is 24.4 Å². The minimum absolute atomic E-state index is 0.817. The van der Waals surface area contributed by atoms with Crippen molar-refractivity contribution in [3.63, 3.8) is 0 Å². The van der Waals surface area contributed by atoms with Crippen LogP contribution in [0.3, 0.4) is 0 Å². The Morgan fingerprint density at radius 1 is 0.941 bits per heavy atom. The van der Waals surface area contributed by atoms with E-state index in [0.29, 0.717) is 0 Å². The van der Waals surface area contributed by atoms with Gasteiger partial charge in [-0.1, -0.05) is 56.3 Å². The van der Waals surface area contributed by atoms with Crippen molar-refractivity contribution in [2.75, 3.05) is 13.1 Å². The molecule has 0 spiro atoms. The molecule has 1 N–H and O–H groups in total. The van der Waals surface area contributed by atoms with Crippen LogP contribution in [0.25, 0.3) is 0 Å². The van der Waals surface area contributed by atoms with Gasteiger partial charge in [0.15, 0.2) is 0 Å².